The molecule has 1 aromatic carbocycles. The second-order valence-corrected chi connectivity index (χ2v) is 4.65. The molecule has 3 nitrogen and oxygen atoms in total. The Morgan fingerprint density at radius 1 is 1.47 bits per heavy atom. The molecule has 0 atom stereocenters. The van der Waals surface area contributed by atoms with Gasteiger partial charge in [-0.15, -0.1) is 0 Å². The molecule has 0 N–H and O–H groups in total. The number of halogens is 2. The molecule has 0 saturated heterocycles. The number of hydrogen-bond donors (Lipinski definition) is 0. The van der Waals surface area contributed by atoms with Crippen LogP contribution in [0.2, 0.25) is 0 Å². The van der Waals surface area contributed by atoms with E-state index in [1.807, 2.05) is 29.5 Å². The van der Waals surface area contributed by atoms with Gasteiger partial charge in [0.15, 0.2) is 0 Å². The fraction of sp³-hybridized carbons (Fsp3) is 0.167. The molecule has 1 heterocycles. The lowest BCUT2D eigenvalue weighted by atomic mass is 10.1. The van der Waals surface area contributed by atoms with E-state index in [0.717, 1.165) is 0 Å². The van der Waals surface area contributed by atoms with Crippen LogP contribution in [-0.4, -0.2) is 15.6 Å². The Morgan fingerprint density at radius 3 is 2.88 bits per heavy atom. The van der Waals surface area contributed by atoms with Crippen LogP contribution in [0.3, 0.4) is 0 Å². The van der Waals surface area contributed by atoms with Crippen molar-refractivity contribution in [1.82, 2.24) is 9.78 Å². The number of benzene rings is 1. The first-order chi connectivity index (χ1) is 8.13. The first kappa shape index (κ1) is 12.2. The number of nitrogens with zero attached hydrogens (tertiary/aromatic N) is 2. The molecule has 0 aliphatic rings. The zero-order valence-electron chi connectivity index (χ0n) is 9.15. The summed E-state index contributed by atoms with van der Waals surface area (Å²) in [7, 11) is 0. The second kappa shape index (κ2) is 4.95. The number of ketones is 1. The maximum absolute atomic E-state index is 13.0. The molecule has 0 aliphatic carbocycles. The topological polar surface area (TPSA) is 34.9 Å². The molecule has 0 unspecified atom stereocenters. The van der Waals surface area contributed by atoms with E-state index >= 15 is 0 Å². The van der Waals surface area contributed by atoms with Crippen molar-refractivity contribution in [3.63, 3.8) is 0 Å². The van der Waals surface area contributed by atoms with Gasteiger partial charge in [-0.25, -0.2) is 4.39 Å². The summed E-state index contributed by atoms with van der Waals surface area (Å²) in [4.78, 5) is 12.2. The number of carbonyl (C=O) groups excluding carboxylic acids is 1. The van der Waals surface area contributed by atoms with Gasteiger partial charge in [-0.05, 0) is 53.8 Å². The van der Waals surface area contributed by atoms with Gasteiger partial charge in [0.05, 0.1) is 0 Å². The maximum atomic E-state index is 13.0. The Bertz CT molecular complexity index is 565. The van der Waals surface area contributed by atoms with E-state index in [9.17, 15) is 9.18 Å². The molecular formula is C12H10FIN2O. The van der Waals surface area contributed by atoms with Gasteiger partial charge in [0.1, 0.15) is 11.5 Å². The molecular weight excluding hydrogens is 334 g/mol. The second-order valence-electron chi connectivity index (χ2n) is 3.49. The van der Waals surface area contributed by atoms with Crippen LogP contribution < -0.4 is 0 Å². The Kier molecular flexibility index (Phi) is 3.56. The van der Waals surface area contributed by atoms with E-state index in [2.05, 4.69) is 5.10 Å². The van der Waals surface area contributed by atoms with E-state index in [0.29, 0.717) is 21.4 Å². The van der Waals surface area contributed by atoms with Crippen molar-refractivity contribution in [3.05, 3.63) is 51.1 Å². The molecule has 1 aromatic heterocycles. The molecule has 2 rings (SSSR count). The first-order valence-electron chi connectivity index (χ1n) is 5.15. The molecule has 0 saturated carbocycles. The van der Waals surface area contributed by atoms with E-state index in [1.54, 1.807) is 16.9 Å². The van der Waals surface area contributed by atoms with Gasteiger partial charge in [-0.1, -0.05) is 0 Å². The highest BCUT2D eigenvalue weighted by atomic mass is 127. The van der Waals surface area contributed by atoms with Crippen molar-refractivity contribution in [2.75, 3.05) is 0 Å². The van der Waals surface area contributed by atoms with Crippen molar-refractivity contribution in [2.24, 2.45) is 0 Å². The minimum absolute atomic E-state index is 0.131. The summed E-state index contributed by atoms with van der Waals surface area (Å²) < 4.78 is 15.2. The van der Waals surface area contributed by atoms with Crippen LogP contribution in [0, 0.1) is 9.39 Å². The van der Waals surface area contributed by atoms with Gasteiger partial charge in [-0.2, -0.15) is 5.10 Å². The fourth-order valence-corrected chi connectivity index (χ4v) is 2.31. The largest absolute Gasteiger partial charge is 0.287 e. The molecule has 0 aliphatic heterocycles. The van der Waals surface area contributed by atoms with Gasteiger partial charge in [0.2, 0.25) is 5.78 Å². The fourth-order valence-electron chi connectivity index (χ4n) is 1.59. The molecule has 88 valence electrons. The number of carbonyl (C=O) groups is 1. The van der Waals surface area contributed by atoms with Crippen molar-refractivity contribution < 1.29 is 9.18 Å². The average molecular weight is 344 g/mol. The predicted octanol–water partition coefficient (Wildman–Crippen LogP) is 2.88. The quantitative estimate of drug-likeness (QED) is 0.634. The molecule has 0 fully saturated rings. The number of aryl methyl sites for hydroxylation is 1. The third-order valence-electron chi connectivity index (χ3n) is 2.42. The van der Waals surface area contributed by atoms with E-state index in [4.69, 9.17) is 0 Å². The van der Waals surface area contributed by atoms with Crippen LogP contribution in [0.5, 0.6) is 0 Å². The summed E-state index contributed by atoms with van der Waals surface area (Å²) in [6.45, 7) is 2.55. The average Bonchev–Trinajstić information content (AvgIpc) is 2.76. The lowest BCUT2D eigenvalue weighted by Gasteiger charge is -2.05. The minimum atomic E-state index is -0.338. The van der Waals surface area contributed by atoms with Crippen molar-refractivity contribution in [3.8, 4) is 0 Å². The summed E-state index contributed by atoms with van der Waals surface area (Å²) in [6, 6.07) is 5.82. The standard InChI is InChI=1S/C12H10FIN2O/c1-2-16-11(5-6-15-16)12(17)9-4-3-8(13)7-10(9)14/h3-7H,2H2,1H3. The van der Waals surface area contributed by atoms with Gasteiger partial charge >= 0.3 is 0 Å². The van der Waals surface area contributed by atoms with E-state index in [1.165, 1.54) is 18.2 Å². The minimum Gasteiger partial charge on any atom is -0.287 e. The van der Waals surface area contributed by atoms with Crippen LogP contribution in [0.25, 0.3) is 0 Å². The first-order valence-corrected chi connectivity index (χ1v) is 6.23. The normalized spacial score (nSPS) is 10.5. The monoisotopic (exact) mass is 344 g/mol. The van der Waals surface area contributed by atoms with Gasteiger partial charge in [-0.3, -0.25) is 9.48 Å². The third kappa shape index (κ3) is 2.38. The van der Waals surface area contributed by atoms with E-state index < -0.39 is 0 Å². The number of hydrogen-bond acceptors (Lipinski definition) is 2. The lowest BCUT2D eigenvalue weighted by Crippen LogP contribution is -2.11. The summed E-state index contributed by atoms with van der Waals surface area (Å²) in [6.07, 6.45) is 1.59. The zero-order chi connectivity index (χ0) is 12.4. The van der Waals surface area contributed by atoms with Crippen LogP contribution in [0.1, 0.15) is 23.0 Å². The van der Waals surface area contributed by atoms with Crippen LogP contribution in [-0.2, 0) is 6.54 Å². The van der Waals surface area contributed by atoms with Crippen molar-refractivity contribution in [1.29, 1.82) is 0 Å². The van der Waals surface area contributed by atoms with Crippen LogP contribution >= 0.6 is 22.6 Å². The zero-order valence-corrected chi connectivity index (χ0v) is 11.3. The summed E-state index contributed by atoms with van der Waals surface area (Å²) >= 11 is 1.96. The summed E-state index contributed by atoms with van der Waals surface area (Å²) in [5, 5.41) is 4.05. The third-order valence-corrected chi connectivity index (χ3v) is 3.32. The highest BCUT2D eigenvalue weighted by molar-refractivity contribution is 14.1. The Morgan fingerprint density at radius 2 is 2.24 bits per heavy atom. The predicted molar refractivity (Wildman–Crippen MR) is 70.5 cm³/mol. The van der Waals surface area contributed by atoms with Crippen LogP contribution in [0.4, 0.5) is 4.39 Å². The molecule has 17 heavy (non-hydrogen) atoms. The molecule has 0 amide bonds. The molecule has 0 bridgehead atoms. The highest BCUT2D eigenvalue weighted by Crippen LogP contribution is 2.17. The number of rotatable bonds is 3. The van der Waals surface area contributed by atoms with Crippen LogP contribution in [0.15, 0.2) is 30.5 Å². The molecule has 5 heteroatoms. The number of aromatic nitrogens is 2. The lowest BCUT2D eigenvalue weighted by molar-refractivity contribution is 0.102. The van der Waals surface area contributed by atoms with Crippen molar-refractivity contribution in [2.45, 2.75) is 13.5 Å². The Hall–Kier alpha value is -1.24. The van der Waals surface area contributed by atoms with Crippen molar-refractivity contribution >= 4 is 28.4 Å². The summed E-state index contributed by atoms with van der Waals surface area (Å²) in [5.74, 6) is -0.469. The van der Waals surface area contributed by atoms with E-state index in [-0.39, 0.29) is 11.6 Å². The Balaban J connectivity index is 2.44. The molecule has 2 aromatic rings. The summed E-state index contributed by atoms with van der Waals surface area (Å²) in [5.41, 5.74) is 1.03. The molecule has 0 spiro atoms. The van der Waals surface area contributed by atoms with Gasteiger partial charge in [0, 0.05) is 21.9 Å². The maximum Gasteiger partial charge on any atom is 0.212 e. The molecule has 0 radical (unpaired) electrons. The SMILES string of the molecule is CCn1nccc1C(=O)c1ccc(F)cc1I. The van der Waals surface area contributed by atoms with Gasteiger partial charge < -0.3 is 0 Å². The van der Waals surface area contributed by atoms with Gasteiger partial charge in [0.25, 0.3) is 0 Å². The highest BCUT2D eigenvalue weighted by Gasteiger charge is 2.16. The Labute approximate surface area is 112 Å². The smallest absolute Gasteiger partial charge is 0.212 e.